The number of amides is 4. The van der Waals surface area contributed by atoms with Gasteiger partial charge in [-0.2, -0.15) is 0 Å². The summed E-state index contributed by atoms with van der Waals surface area (Å²) in [6.07, 6.45) is 0. The normalized spacial score (nSPS) is 31.5. The van der Waals surface area contributed by atoms with Gasteiger partial charge in [0.15, 0.2) is 17.4 Å². The summed E-state index contributed by atoms with van der Waals surface area (Å²) in [4.78, 5) is 65.4. The van der Waals surface area contributed by atoms with Crippen molar-refractivity contribution in [3.63, 3.8) is 0 Å². The topological polar surface area (TPSA) is 155 Å². The zero-order chi connectivity index (χ0) is 37.9. The average molecular weight is 757 g/mol. The minimum absolute atomic E-state index is 0.200. The highest BCUT2D eigenvalue weighted by molar-refractivity contribution is 6.64. The fourth-order valence-electron chi connectivity index (χ4n) is 7.53. The second-order valence-electron chi connectivity index (χ2n) is 15.8. The molecule has 2 atom stereocenters. The fourth-order valence-corrected chi connectivity index (χ4v) is 8.78. The summed E-state index contributed by atoms with van der Waals surface area (Å²) in [5, 5.41) is 0. The fraction of sp³-hybridized carbons (Fsp3) is 0.886. The van der Waals surface area contributed by atoms with E-state index in [9.17, 15) is 19.2 Å². The van der Waals surface area contributed by atoms with E-state index >= 15 is 0 Å². The molecule has 4 aliphatic heterocycles. The summed E-state index contributed by atoms with van der Waals surface area (Å²) >= 11 is 0. The van der Waals surface area contributed by atoms with E-state index in [4.69, 9.17) is 37.3 Å². The van der Waals surface area contributed by atoms with Crippen molar-refractivity contribution >= 4 is 32.2 Å². The van der Waals surface area contributed by atoms with Crippen LogP contribution in [0.25, 0.3) is 0 Å². The van der Waals surface area contributed by atoms with Crippen LogP contribution in [0.1, 0.15) is 41.5 Å². The van der Waals surface area contributed by atoms with E-state index in [1.165, 1.54) is 0 Å². The third-order valence-electron chi connectivity index (χ3n) is 10.4. The number of hydrogen-bond acceptors (Lipinski definition) is 12. The predicted octanol–water partition coefficient (Wildman–Crippen LogP) is 0.877. The number of hydrogen-bond donors (Lipinski definition) is 0. The van der Waals surface area contributed by atoms with Gasteiger partial charge in [-0.25, -0.2) is 0 Å². The molecule has 0 aromatic carbocycles. The Kier molecular flexibility index (Phi) is 13.1. The van der Waals surface area contributed by atoms with E-state index in [0.29, 0.717) is 0 Å². The van der Waals surface area contributed by atoms with E-state index in [1.54, 1.807) is 19.6 Å². The third kappa shape index (κ3) is 10.1. The Morgan fingerprint density at radius 1 is 0.404 bits per heavy atom. The smallest absolute Gasteiger partial charge is 0.331 e. The van der Waals surface area contributed by atoms with Gasteiger partial charge in [0.1, 0.15) is 0 Å². The van der Waals surface area contributed by atoms with Crippen LogP contribution < -0.4 is 0 Å². The highest BCUT2D eigenvalue weighted by Crippen LogP contribution is 2.50. The minimum Gasteiger partial charge on any atom is -0.393 e. The van der Waals surface area contributed by atoms with Gasteiger partial charge >= 0.3 is 8.56 Å². The molecule has 1 saturated carbocycles. The van der Waals surface area contributed by atoms with Crippen molar-refractivity contribution < 1.29 is 56.5 Å². The summed E-state index contributed by atoms with van der Waals surface area (Å²) in [5.41, 5.74) is 0. The molecule has 0 spiro atoms. The molecule has 0 N–H and O–H groups in total. The van der Waals surface area contributed by atoms with Crippen LogP contribution in [0.15, 0.2) is 0 Å². The van der Waals surface area contributed by atoms with Crippen LogP contribution >= 0.6 is 0 Å². The number of carbonyl (C=O) groups excluding carboxylic acids is 4. The lowest BCUT2D eigenvalue weighted by Gasteiger charge is -2.53. The average Bonchev–Trinajstić information content (AvgIpc) is 3.00. The molecule has 0 aromatic heterocycles. The van der Waals surface area contributed by atoms with Crippen molar-refractivity contribution in [1.82, 2.24) is 19.6 Å². The maximum Gasteiger partial charge on any atom is 0.331 e. The van der Waals surface area contributed by atoms with E-state index in [0.717, 1.165) is 0 Å². The number of nitrogens with zero attached hydrogens (tertiary/aromatic N) is 4. The Hall–Kier alpha value is -2.22. The maximum absolute atomic E-state index is 14.8. The van der Waals surface area contributed by atoms with Gasteiger partial charge in [-0.05, 0) is 54.6 Å². The molecular weight excluding hydrogens is 696 g/mol. The molecule has 1 aliphatic carbocycles. The van der Waals surface area contributed by atoms with Crippen LogP contribution in [-0.2, 0) is 56.5 Å². The predicted molar refractivity (Wildman–Crippen MR) is 188 cm³/mol. The Balaban J connectivity index is 1.49. The van der Waals surface area contributed by atoms with E-state index in [2.05, 4.69) is 0 Å². The second kappa shape index (κ2) is 16.6. The lowest BCUT2D eigenvalue weighted by atomic mass is 9.54. The first kappa shape index (κ1) is 41.0. The highest BCUT2D eigenvalue weighted by atomic mass is 28.4. The summed E-state index contributed by atoms with van der Waals surface area (Å²) < 4.78 is 47.3. The third-order valence-corrected chi connectivity index (χ3v) is 12.2. The first-order valence-corrected chi connectivity index (χ1v) is 21.5. The van der Waals surface area contributed by atoms with E-state index in [1.807, 2.05) is 54.6 Å². The molecule has 5 fully saturated rings. The van der Waals surface area contributed by atoms with Crippen molar-refractivity contribution in [1.29, 1.82) is 0 Å². The quantitative estimate of drug-likeness (QED) is 0.374. The van der Waals surface area contributed by atoms with Crippen molar-refractivity contribution in [2.24, 2.45) is 23.7 Å². The molecule has 52 heavy (non-hydrogen) atoms. The van der Waals surface area contributed by atoms with E-state index < -0.39 is 49.6 Å². The van der Waals surface area contributed by atoms with Gasteiger partial charge < -0.3 is 56.9 Å². The molecule has 4 amide bonds. The molecule has 2 unspecified atom stereocenters. The molecule has 4 saturated heterocycles. The molecule has 5 aliphatic rings. The molecular formula is C35H60N4O12Si. The zero-order valence-electron chi connectivity index (χ0n) is 32.3. The largest absolute Gasteiger partial charge is 0.393 e. The molecule has 17 heteroatoms. The Morgan fingerprint density at radius 3 is 0.808 bits per heavy atom. The van der Waals surface area contributed by atoms with Crippen LogP contribution in [0.2, 0.25) is 13.1 Å². The first-order chi connectivity index (χ1) is 24.4. The molecule has 4 heterocycles. The second-order valence-corrected chi connectivity index (χ2v) is 19.2. The van der Waals surface area contributed by atoms with E-state index in [-0.39, 0.29) is 129 Å². The SMILES string of the molecule is CC1(C)OCCN(C(=O)C2C(C(=O)N3CCOC(C)(C)OCC3)C(C(=O)N3CCO[Si](C)(C)OCC3)C2C(=O)N2CCOC(C)(C)OCC2)CCO1. The van der Waals surface area contributed by atoms with Gasteiger partial charge in [-0.1, -0.05) is 0 Å². The molecule has 0 aromatic rings. The Morgan fingerprint density at radius 2 is 0.596 bits per heavy atom. The number of rotatable bonds is 4. The van der Waals surface area contributed by atoms with Gasteiger partial charge in [0.05, 0.1) is 76.5 Å². The molecule has 296 valence electrons. The lowest BCUT2D eigenvalue weighted by molar-refractivity contribution is -0.231. The molecule has 5 rings (SSSR count). The monoisotopic (exact) mass is 756 g/mol. The number of carbonyl (C=O) groups is 4. The van der Waals surface area contributed by atoms with Gasteiger partial charge in [-0.3, -0.25) is 19.2 Å². The van der Waals surface area contributed by atoms with Crippen LogP contribution in [0.4, 0.5) is 0 Å². The first-order valence-electron chi connectivity index (χ1n) is 18.7. The zero-order valence-corrected chi connectivity index (χ0v) is 33.3. The maximum atomic E-state index is 14.8. The van der Waals surface area contributed by atoms with Crippen LogP contribution in [0.5, 0.6) is 0 Å². The van der Waals surface area contributed by atoms with Crippen molar-refractivity contribution in [3.8, 4) is 0 Å². The van der Waals surface area contributed by atoms with Crippen LogP contribution in [-0.4, -0.2) is 174 Å². The van der Waals surface area contributed by atoms with Crippen molar-refractivity contribution in [2.75, 3.05) is 105 Å². The summed E-state index contributed by atoms with van der Waals surface area (Å²) in [6, 6.07) is 0. The molecule has 0 bridgehead atoms. The minimum atomic E-state index is -2.34. The highest BCUT2D eigenvalue weighted by Gasteiger charge is 2.65. The van der Waals surface area contributed by atoms with Gasteiger partial charge in [0.2, 0.25) is 23.6 Å². The van der Waals surface area contributed by atoms with Gasteiger partial charge in [0.25, 0.3) is 0 Å². The van der Waals surface area contributed by atoms with Gasteiger partial charge in [-0.15, -0.1) is 0 Å². The molecule has 0 radical (unpaired) electrons. The molecule has 16 nitrogen and oxygen atoms in total. The van der Waals surface area contributed by atoms with Crippen LogP contribution in [0.3, 0.4) is 0 Å². The standard InChI is InChI=1S/C35H60N4O12Si/c1-33(2)44-17-9-36(10-18-45-33)29(40)25-26(30(41)37-11-19-46-34(3,4)47-20-12-37)28(32(43)39-15-23-50-52(7,8)51-24-16-39)27(25)31(42)38-13-21-48-35(5,6)49-22-14-38/h25-28H,9-24H2,1-8H3. The van der Waals surface area contributed by atoms with Gasteiger partial charge in [0, 0.05) is 52.4 Å². The number of ether oxygens (including phenoxy) is 6. The summed E-state index contributed by atoms with van der Waals surface area (Å²) in [7, 11) is -2.34. The van der Waals surface area contributed by atoms with Crippen molar-refractivity contribution in [2.45, 2.75) is 72.0 Å². The summed E-state index contributed by atoms with van der Waals surface area (Å²) in [6.45, 7) is 18.5. The Bertz CT molecular complexity index is 1050. The van der Waals surface area contributed by atoms with Crippen LogP contribution in [0, 0.1) is 23.7 Å². The Labute approximate surface area is 308 Å². The van der Waals surface area contributed by atoms with Crippen molar-refractivity contribution in [3.05, 3.63) is 0 Å². The summed E-state index contributed by atoms with van der Waals surface area (Å²) in [5.74, 6) is -8.41. The lowest BCUT2D eigenvalue weighted by Crippen LogP contribution is -2.68.